The van der Waals surface area contributed by atoms with E-state index in [-0.39, 0.29) is 5.91 Å². The molecule has 1 aromatic heterocycles. The second kappa shape index (κ2) is 5.90. The first-order chi connectivity index (χ1) is 7.15. The summed E-state index contributed by atoms with van der Waals surface area (Å²) >= 11 is 3.10. The highest BCUT2D eigenvalue weighted by molar-refractivity contribution is 9.09. The smallest absolute Gasteiger partial charge is 0.230 e. The van der Waals surface area contributed by atoms with E-state index in [4.69, 9.17) is 0 Å². The van der Waals surface area contributed by atoms with Crippen LogP contribution >= 0.6 is 15.9 Å². The van der Waals surface area contributed by atoms with E-state index in [0.717, 1.165) is 12.4 Å². The molecule has 1 rings (SSSR count). The predicted octanol–water partition coefficient (Wildman–Crippen LogP) is 1.52. The molecule has 15 heavy (non-hydrogen) atoms. The van der Waals surface area contributed by atoms with Crippen molar-refractivity contribution in [2.45, 2.75) is 26.3 Å². The number of imidazole rings is 1. The van der Waals surface area contributed by atoms with Crippen molar-refractivity contribution in [3.8, 4) is 0 Å². The highest BCUT2D eigenvalue weighted by Crippen LogP contribution is 2.10. The molecule has 0 saturated heterocycles. The minimum absolute atomic E-state index is 0.0150. The molecule has 5 heteroatoms. The largest absolute Gasteiger partial charge is 0.354 e. The summed E-state index contributed by atoms with van der Waals surface area (Å²) in [5.41, 5.74) is 0. The fraction of sp³-hybridized carbons (Fsp3) is 0.600. The van der Waals surface area contributed by atoms with Crippen molar-refractivity contribution < 1.29 is 4.79 Å². The van der Waals surface area contributed by atoms with Gasteiger partial charge in [0.2, 0.25) is 5.91 Å². The summed E-state index contributed by atoms with van der Waals surface area (Å²) in [6.45, 7) is 5.62. The maximum Gasteiger partial charge on any atom is 0.230 e. The lowest BCUT2D eigenvalue weighted by atomic mass is 10.2. The fourth-order valence-corrected chi connectivity index (χ4v) is 1.57. The number of nitrogens with one attached hydrogen (secondary N) is 1. The van der Waals surface area contributed by atoms with E-state index in [9.17, 15) is 4.79 Å². The van der Waals surface area contributed by atoms with E-state index in [1.165, 1.54) is 0 Å². The second-order valence-electron chi connectivity index (χ2n) is 3.62. The second-order valence-corrected chi connectivity index (χ2v) is 4.18. The molecule has 0 unspecified atom stereocenters. The average molecular weight is 274 g/mol. The third-order valence-electron chi connectivity index (χ3n) is 2.06. The van der Waals surface area contributed by atoms with Gasteiger partial charge < -0.3 is 9.88 Å². The van der Waals surface area contributed by atoms with Gasteiger partial charge in [0.25, 0.3) is 0 Å². The first kappa shape index (κ1) is 12.2. The molecule has 0 radical (unpaired) electrons. The molecule has 0 fully saturated rings. The number of hydrogen-bond donors (Lipinski definition) is 1. The third kappa shape index (κ3) is 3.66. The van der Waals surface area contributed by atoms with Crippen LogP contribution in [0.25, 0.3) is 0 Å². The molecular formula is C10H16BrN3O. The summed E-state index contributed by atoms with van der Waals surface area (Å²) in [6.07, 6.45) is 3.73. The van der Waals surface area contributed by atoms with Crippen molar-refractivity contribution >= 4 is 21.8 Å². The highest BCUT2D eigenvalue weighted by atomic mass is 79.9. The Bertz CT molecular complexity index is 322. The highest BCUT2D eigenvalue weighted by Gasteiger charge is 2.06. The topological polar surface area (TPSA) is 46.9 Å². The van der Waals surface area contributed by atoms with Crippen molar-refractivity contribution in [2.24, 2.45) is 0 Å². The zero-order valence-corrected chi connectivity index (χ0v) is 10.6. The van der Waals surface area contributed by atoms with E-state index in [1.807, 2.05) is 6.20 Å². The summed E-state index contributed by atoms with van der Waals surface area (Å²) in [5, 5.41) is 3.16. The molecule has 1 heterocycles. The lowest BCUT2D eigenvalue weighted by Crippen LogP contribution is -2.28. The number of halogens is 1. The number of carbonyl (C=O) groups excluding carboxylic acids is 1. The van der Waals surface area contributed by atoms with Crippen molar-refractivity contribution in [3.63, 3.8) is 0 Å². The number of alkyl halides is 1. The molecule has 1 N–H and O–H groups in total. The Labute approximate surface area is 98.2 Å². The Hall–Kier alpha value is -0.840. The number of aromatic nitrogens is 2. The molecule has 0 aliphatic rings. The first-order valence-corrected chi connectivity index (χ1v) is 6.11. The molecule has 0 aliphatic carbocycles. The van der Waals surface area contributed by atoms with Crippen LogP contribution in [0.3, 0.4) is 0 Å². The van der Waals surface area contributed by atoms with Gasteiger partial charge >= 0.3 is 0 Å². The maximum atomic E-state index is 11.0. The summed E-state index contributed by atoms with van der Waals surface area (Å²) in [4.78, 5) is 15.3. The quantitative estimate of drug-likeness (QED) is 0.827. The molecule has 0 spiro atoms. The summed E-state index contributed by atoms with van der Waals surface area (Å²) in [5.74, 6) is 1.48. The van der Waals surface area contributed by atoms with Crippen LogP contribution in [0, 0.1) is 0 Å². The number of rotatable bonds is 5. The van der Waals surface area contributed by atoms with Crippen molar-refractivity contribution in [1.82, 2.24) is 14.9 Å². The number of amides is 1. The van der Waals surface area contributed by atoms with Gasteiger partial charge in [-0.3, -0.25) is 4.79 Å². The van der Waals surface area contributed by atoms with E-state index >= 15 is 0 Å². The van der Waals surface area contributed by atoms with Gasteiger partial charge in [0.05, 0.1) is 5.33 Å². The Kier molecular flexibility index (Phi) is 4.81. The van der Waals surface area contributed by atoms with Crippen molar-refractivity contribution in [1.29, 1.82) is 0 Å². The molecule has 0 aromatic carbocycles. The Morgan fingerprint density at radius 1 is 1.67 bits per heavy atom. The van der Waals surface area contributed by atoms with Crippen molar-refractivity contribution in [2.75, 3.05) is 11.9 Å². The van der Waals surface area contributed by atoms with Crippen LogP contribution in [0.15, 0.2) is 12.4 Å². The Morgan fingerprint density at radius 2 is 2.40 bits per heavy atom. The summed E-state index contributed by atoms with van der Waals surface area (Å²) < 4.78 is 2.07. The van der Waals surface area contributed by atoms with Gasteiger partial charge in [-0.25, -0.2) is 4.98 Å². The van der Waals surface area contributed by atoms with Crippen LogP contribution in [-0.4, -0.2) is 27.3 Å². The van der Waals surface area contributed by atoms with E-state index in [1.54, 1.807) is 6.20 Å². The standard InChI is InChI=1S/C10H16BrN3O/c1-8(2)10-13-4-6-14(10)5-3-12-9(15)7-11/h4,6,8H,3,5,7H2,1-2H3,(H,12,15). The Morgan fingerprint density at radius 3 is 3.00 bits per heavy atom. The fourth-order valence-electron chi connectivity index (χ4n) is 1.37. The van der Waals surface area contributed by atoms with Gasteiger partial charge in [0.15, 0.2) is 0 Å². The van der Waals surface area contributed by atoms with Crippen molar-refractivity contribution in [3.05, 3.63) is 18.2 Å². The lowest BCUT2D eigenvalue weighted by Gasteiger charge is -2.10. The van der Waals surface area contributed by atoms with Gasteiger partial charge in [-0.15, -0.1) is 0 Å². The molecule has 84 valence electrons. The molecule has 0 aliphatic heterocycles. The zero-order valence-electron chi connectivity index (χ0n) is 9.03. The molecule has 1 aromatic rings. The molecule has 0 atom stereocenters. The monoisotopic (exact) mass is 273 g/mol. The van der Waals surface area contributed by atoms with E-state index in [0.29, 0.717) is 17.8 Å². The van der Waals surface area contributed by atoms with Crippen LogP contribution < -0.4 is 5.32 Å². The van der Waals surface area contributed by atoms with Crippen LogP contribution in [0.4, 0.5) is 0 Å². The minimum atomic E-state index is 0.0150. The zero-order chi connectivity index (χ0) is 11.3. The van der Waals surface area contributed by atoms with Gasteiger partial charge in [-0.2, -0.15) is 0 Å². The average Bonchev–Trinajstić information content (AvgIpc) is 2.65. The van der Waals surface area contributed by atoms with E-state index in [2.05, 4.69) is 44.6 Å². The summed E-state index contributed by atoms with van der Waals surface area (Å²) in [6, 6.07) is 0. The van der Waals surface area contributed by atoms with Gasteiger partial charge in [-0.1, -0.05) is 29.8 Å². The normalized spacial score (nSPS) is 10.7. The Balaban J connectivity index is 2.43. The van der Waals surface area contributed by atoms with Crippen LogP contribution in [-0.2, 0) is 11.3 Å². The molecule has 4 nitrogen and oxygen atoms in total. The predicted molar refractivity (Wildman–Crippen MR) is 63.1 cm³/mol. The number of nitrogens with zero attached hydrogens (tertiary/aromatic N) is 2. The molecule has 0 bridgehead atoms. The van der Waals surface area contributed by atoms with Gasteiger partial charge in [-0.05, 0) is 0 Å². The van der Waals surface area contributed by atoms with Crippen LogP contribution in [0.2, 0.25) is 0 Å². The van der Waals surface area contributed by atoms with Crippen LogP contribution in [0.5, 0.6) is 0 Å². The lowest BCUT2D eigenvalue weighted by molar-refractivity contribution is -0.118. The third-order valence-corrected chi connectivity index (χ3v) is 2.57. The first-order valence-electron chi connectivity index (χ1n) is 4.99. The molecule has 1 amide bonds. The number of carbonyl (C=O) groups is 1. The minimum Gasteiger partial charge on any atom is -0.354 e. The molecular weight excluding hydrogens is 258 g/mol. The van der Waals surface area contributed by atoms with Crippen LogP contribution in [0.1, 0.15) is 25.6 Å². The summed E-state index contributed by atoms with van der Waals surface area (Å²) in [7, 11) is 0. The van der Waals surface area contributed by atoms with E-state index < -0.39 is 0 Å². The maximum absolute atomic E-state index is 11.0. The van der Waals surface area contributed by atoms with Gasteiger partial charge in [0.1, 0.15) is 5.82 Å². The SMILES string of the molecule is CC(C)c1nccn1CCNC(=O)CBr. The molecule has 0 saturated carbocycles. The number of hydrogen-bond acceptors (Lipinski definition) is 2. The van der Waals surface area contributed by atoms with Gasteiger partial charge in [0, 0.05) is 31.4 Å².